The Morgan fingerprint density at radius 2 is 2.10 bits per heavy atom. The molecule has 1 aromatic rings. The molecule has 1 fully saturated rings. The Labute approximate surface area is 124 Å². The fraction of sp³-hybridized carbons (Fsp3) is 0.643. The van der Waals surface area contributed by atoms with Crippen LogP contribution in [-0.4, -0.2) is 44.6 Å². The van der Waals surface area contributed by atoms with Crippen molar-refractivity contribution in [1.82, 2.24) is 10.3 Å². The first-order valence-electron chi connectivity index (χ1n) is 6.87. The van der Waals surface area contributed by atoms with Crippen molar-refractivity contribution in [1.29, 1.82) is 0 Å². The van der Waals surface area contributed by atoms with Crippen LogP contribution >= 0.6 is 11.6 Å². The summed E-state index contributed by atoms with van der Waals surface area (Å²) in [4.78, 5) is 4.24. The summed E-state index contributed by atoms with van der Waals surface area (Å²) in [6.45, 7) is 2.87. The van der Waals surface area contributed by atoms with Crippen molar-refractivity contribution >= 4 is 11.6 Å². The number of aromatic nitrogens is 1. The zero-order valence-corrected chi connectivity index (χ0v) is 12.5. The molecule has 5 nitrogen and oxygen atoms in total. The minimum Gasteiger partial charge on any atom is -0.474 e. The summed E-state index contributed by atoms with van der Waals surface area (Å²) in [5.74, 6) is 0.456. The molecule has 0 saturated heterocycles. The molecular weight excluding hydrogens is 280 g/mol. The predicted octanol–water partition coefficient (Wildman–Crippen LogP) is 2.03. The Balaban J connectivity index is 1.68. The maximum absolute atomic E-state index is 6.15. The molecule has 6 heteroatoms. The number of nitrogens with zero attached hydrogens (tertiary/aromatic N) is 1. The Bertz CT molecular complexity index is 413. The Hall–Kier alpha value is -0.880. The first-order chi connectivity index (χ1) is 9.79. The number of halogens is 1. The van der Waals surface area contributed by atoms with Gasteiger partial charge in [0.15, 0.2) is 0 Å². The van der Waals surface area contributed by atoms with Crippen molar-refractivity contribution in [2.45, 2.75) is 25.4 Å². The first kappa shape index (κ1) is 15.5. The molecule has 1 saturated carbocycles. The van der Waals surface area contributed by atoms with E-state index in [1.165, 1.54) is 12.8 Å². The van der Waals surface area contributed by atoms with E-state index < -0.39 is 0 Å². The van der Waals surface area contributed by atoms with Crippen molar-refractivity contribution in [3.8, 4) is 5.88 Å². The summed E-state index contributed by atoms with van der Waals surface area (Å²) < 4.78 is 15.7. The second-order valence-electron chi connectivity index (χ2n) is 4.74. The first-order valence-corrected chi connectivity index (χ1v) is 7.24. The van der Waals surface area contributed by atoms with Crippen molar-refractivity contribution in [2.75, 3.05) is 33.5 Å². The van der Waals surface area contributed by atoms with Gasteiger partial charge in [0.1, 0.15) is 11.6 Å². The average Bonchev–Trinajstić information content (AvgIpc) is 3.26. The molecule has 0 unspecified atom stereocenters. The van der Waals surface area contributed by atoms with Gasteiger partial charge in [0.05, 0.1) is 19.8 Å². The molecule has 0 radical (unpaired) electrons. The lowest BCUT2D eigenvalue weighted by Crippen LogP contribution is -2.15. The largest absolute Gasteiger partial charge is 0.474 e. The molecule has 0 amide bonds. The van der Waals surface area contributed by atoms with Gasteiger partial charge >= 0.3 is 0 Å². The minimum absolute atomic E-state index is 0.427. The molecule has 0 bridgehead atoms. The van der Waals surface area contributed by atoms with Gasteiger partial charge in [-0.05, 0) is 24.5 Å². The molecule has 0 aliphatic heterocycles. The summed E-state index contributed by atoms with van der Waals surface area (Å²) in [6.07, 6.45) is 4.33. The Morgan fingerprint density at radius 3 is 2.80 bits per heavy atom. The summed E-state index contributed by atoms with van der Waals surface area (Å²) in [5.41, 5.74) is 1.07. The second-order valence-corrected chi connectivity index (χ2v) is 5.15. The van der Waals surface area contributed by atoms with Crippen molar-refractivity contribution in [2.24, 2.45) is 0 Å². The predicted molar refractivity (Wildman–Crippen MR) is 77.3 cm³/mol. The van der Waals surface area contributed by atoms with Gasteiger partial charge in [-0.1, -0.05) is 11.6 Å². The van der Waals surface area contributed by atoms with Gasteiger partial charge in [0, 0.05) is 25.9 Å². The van der Waals surface area contributed by atoms with E-state index in [0.29, 0.717) is 43.4 Å². The van der Waals surface area contributed by atoms with Gasteiger partial charge in [0.25, 0.3) is 0 Å². The number of hydrogen-bond donors (Lipinski definition) is 1. The highest BCUT2D eigenvalue weighted by Gasteiger charge is 2.20. The van der Waals surface area contributed by atoms with E-state index in [2.05, 4.69) is 10.3 Å². The van der Waals surface area contributed by atoms with Crippen LogP contribution in [-0.2, 0) is 16.0 Å². The normalized spacial score (nSPS) is 14.5. The summed E-state index contributed by atoms with van der Waals surface area (Å²) in [7, 11) is 1.64. The van der Waals surface area contributed by atoms with Crippen molar-refractivity contribution in [3.05, 3.63) is 22.8 Å². The monoisotopic (exact) mass is 300 g/mol. The van der Waals surface area contributed by atoms with Gasteiger partial charge in [0.2, 0.25) is 5.88 Å². The molecule has 1 heterocycles. The van der Waals surface area contributed by atoms with Crippen LogP contribution in [0.2, 0.25) is 5.02 Å². The molecule has 0 atom stereocenters. The average molecular weight is 301 g/mol. The lowest BCUT2D eigenvalue weighted by molar-refractivity contribution is 0.0537. The zero-order chi connectivity index (χ0) is 14.2. The second kappa shape index (κ2) is 8.42. The number of rotatable bonds is 10. The van der Waals surface area contributed by atoms with E-state index >= 15 is 0 Å². The molecule has 1 aliphatic rings. The minimum atomic E-state index is 0.427. The molecule has 20 heavy (non-hydrogen) atoms. The van der Waals surface area contributed by atoms with E-state index in [9.17, 15) is 0 Å². The molecule has 1 aliphatic carbocycles. The van der Waals surface area contributed by atoms with Crippen LogP contribution in [0.1, 0.15) is 18.4 Å². The van der Waals surface area contributed by atoms with E-state index in [1.807, 2.05) is 6.07 Å². The topological polar surface area (TPSA) is 52.6 Å². The van der Waals surface area contributed by atoms with Crippen LogP contribution in [0.4, 0.5) is 0 Å². The molecule has 2 rings (SSSR count). The van der Waals surface area contributed by atoms with Crippen LogP contribution in [0.15, 0.2) is 12.3 Å². The van der Waals surface area contributed by atoms with Crippen LogP contribution in [0, 0.1) is 0 Å². The molecule has 112 valence electrons. The van der Waals surface area contributed by atoms with Gasteiger partial charge in [-0.3, -0.25) is 0 Å². The SMILES string of the molecule is COCCOCCOc1ncc(CNC2CC2)cc1Cl. The lowest BCUT2D eigenvalue weighted by atomic mass is 10.3. The maximum Gasteiger partial charge on any atom is 0.232 e. The zero-order valence-electron chi connectivity index (χ0n) is 11.7. The third-order valence-electron chi connectivity index (χ3n) is 2.93. The van der Waals surface area contributed by atoms with Gasteiger partial charge in [-0.2, -0.15) is 0 Å². The molecule has 1 N–H and O–H groups in total. The quantitative estimate of drug-likeness (QED) is 0.670. The van der Waals surface area contributed by atoms with E-state index in [1.54, 1.807) is 13.3 Å². The smallest absolute Gasteiger partial charge is 0.232 e. The Kier molecular flexibility index (Phi) is 6.53. The van der Waals surface area contributed by atoms with Crippen LogP contribution in [0.5, 0.6) is 5.88 Å². The number of ether oxygens (including phenoxy) is 3. The van der Waals surface area contributed by atoms with Crippen LogP contribution in [0.25, 0.3) is 0 Å². The number of hydrogen-bond acceptors (Lipinski definition) is 5. The lowest BCUT2D eigenvalue weighted by Gasteiger charge is -2.09. The van der Waals surface area contributed by atoms with Gasteiger partial charge in [-0.25, -0.2) is 4.98 Å². The van der Waals surface area contributed by atoms with E-state index in [4.69, 9.17) is 25.8 Å². The van der Waals surface area contributed by atoms with Crippen LogP contribution in [0.3, 0.4) is 0 Å². The van der Waals surface area contributed by atoms with E-state index in [0.717, 1.165) is 12.1 Å². The molecule has 1 aromatic heterocycles. The number of methoxy groups -OCH3 is 1. The molecule has 0 aromatic carbocycles. The van der Waals surface area contributed by atoms with Crippen LogP contribution < -0.4 is 10.1 Å². The maximum atomic E-state index is 6.15. The molecule has 0 spiro atoms. The van der Waals surface area contributed by atoms with Crippen molar-refractivity contribution < 1.29 is 14.2 Å². The highest BCUT2D eigenvalue weighted by atomic mass is 35.5. The third kappa shape index (κ3) is 5.63. The summed E-state index contributed by atoms with van der Waals surface area (Å²) >= 11 is 6.15. The third-order valence-corrected chi connectivity index (χ3v) is 3.21. The summed E-state index contributed by atoms with van der Waals surface area (Å²) in [5, 5.41) is 3.96. The van der Waals surface area contributed by atoms with Crippen molar-refractivity contribution in [3.63, 3.8) is 0 Å². The van der Waals surface area contributed by atoms with Gasteiger partial charge in [-0.15, -0.1) is 0 Å². The number of pyridine rings is 1. The van der Waals surface area contributed by atoms with E-state index in [-0.39, 0.29) is 0 Å². The summed E-state index contributed by atoms with van der Waals surface area (Å²) in [6, 6.07) is 2.57. The number of nitrogens with one attached hydrogen (secondary N) is 1. The Morgan fingerprint density at radius 1 is 1.30 bits per heavy atom. The standard InChI is InChI=1S/C14H21ClN2O3/c1-18-4-5-19-6-7-20-14-13(15)8-11(10-17-14)9-16-12-2-3-12/h8,10,12,16H,2-7,9H2,1H3. The highest BCUT2D eigenvalue weighted by Crippen LogP contribution is 2.23. The van der Waals surface area contributed by atoms with Gasteiger partial charge < -0.3 is 19.5 Å². The molecular formula is C14H21ClN2O3. The fourth-order valence-corrected chi connectivity index (χ4v) is 1.90. The highest BCUT2D eigenvalue weighted by molar-refractivity contribution is 6.31. The fourth-order valence-electron chi connectivity index (χ4n) is 1.66.